The fraction of sp³-hybridized carbons (Fsp3) is 0.353. The van der Waals surface area contributed by atoms with Crippen LogP contribution in [-0.2, 0) is 13.0 Å². The molecule has 25 heavy (non-hydrogen) atoms. The number of hydrogen-bond donors (Lipinski definition) is 3. The highest BCUT2D eigenvalue weighted by atomic mass is 127. The molecule has 1 aromatic heterocycles. The molecular formula is C17H24IN5OS. The predicted molar refractivity (Wildman–Crippen MR) is 114 cm³/mol. The number of aliphatic imine (C=N–C) groups is 1. The van der Waals surface area contributed by atoms with E-state index in [4.69, 9.17) is 5.73 Å². The van der Waals surface area contributed by atoms with Crippen LogP contribution in [0.15, 0.2) is 35.5 Å². The van der Waals surface area contributed by atoms with Gasteiger partial charge in [0.25, 0.3) is 0 Å². The van der Waals surface area contributed by atoms with E-state index in [1.54, 1.807) is 23.5 Å². The SMILES string of the molecule is CCNC(=NCc1cccc(C(N)=O)c1)NCCc1ncc(C)s1.I. The van der Waals surface area contributed by atoms with Gasteiger partial charge in [-0.15, -0.1) is 35.3 Å². The number of halogens is 1. The second-order valence-corrected chi connectivity index (χ2v) is 6.62. The average Bonchev–Trinajstić information content (AvgIpc) is 2.98. The number of primary amides is 1. The molecule has 0 spiro atoms. The van der Waals surface area contributed by atoms with E-state index < -0.39 is 5.91 Å². The summed E-state index contributed by atoms with van der Waals surface area (Å²) in [6.45, 7) is 6.10. The van der Waals surface area contributed by atoms with Gasteiger partial charge in [0.05, 0.1) is 11.6 Å². The maximum absolute atomic E-state index is 11.2. The highest BCUT2D eigenvalue weighted by Crippen LogP contribution is 2.11. The minimum absolute atomic E-state index is 0. The summed E-state index contributed by atoms with van der Waals surface area (Å²) in [5.74, 6) is 0.319. The van der Waals surface area contributed by atoms with E-state index in [9.17, 15) is 4.79 Å². The summed E-state index contributed by atoms with van der Waals surface area (Å²) in [5.41, 5.74) is 6.75. The number of carbonyl (C=O) groups excluding carboxylic acids is 1. The minimum atomic E-state index is -0.426. The zero-order valence-corrected chi connectivity index (χ0v) is 17.6. The Kier molecular flexibility index (Phi) is 9.43. The number of aryl methyl sites for hydroxylation is 1. The summed E-state index contributed by atoms with van der Waals surface area (Å²) >= 11 is 1.71. The third-order valence-electron chi connectivity index (χ3n) is 3.28. The van der Waals surface area contributed by atoms with E-state index in [-0.39, 0.29) is 24.0 Å². The van der Waals surface area contributed by atoms with Crippen LogP contribution < -0.4 is 16.4 Å². The number of rotatable bonds is 7. The molecule has 1 heterocycles. The molecule has 2 aromatic rings. The molecule has 0 radical (unpaired) electrons. The molecule has 0 bridgehead atoms. The van der Waals surface area contributed by atoms with Gasteiger partial charge in [0.2, 0.25) is 5.91 Å². The predicted octanol–water partition coefficient (Wildman–Crippen LogP) is 2.47. The van der Waals surface area contributed by atoms with Crippen LogP contribution in [0.3, 0.4) is 0 Å². The van der Waals surface area contributed by atoms with Crippen LogP contribution in [0.25, 0.3) is 0 Å². The molecule has 4 N–H and O–H groups in total. The lowest BCUT2D eigenvalue weighted by Crippen LogP contribution is -2.38. The van der Waals surface area contributed by atoms with Gasteiger partial charge in [0.1, 0.15) is 0 Å². The Hall–Kier alpha value is -1.68. The van der Waals surface area contributed by atoms with Crippen LogP contribution in [0.4, 0.5) is 0 Å². The lowest BCUT2D eigenvalue weighted by Gasteiger charge is -2.10. The highest BCUT2D eigenvalue weighted by Gasteiger charge is 2.03. The summed E-state index contributed by atoms with van der Waals surface area (Å²) in [5, 5.41) is 7.63. The van der Waals surface area contributed by atoms with Crippen LogP contribution in [0.5, 0.6) is 0 Å². The summed E-state index contributed by atoms with van der Waals surface area (Å²) < 4.78 is 0. The van der Waals surface area contributed by atoms with Crippen LogP contribution in [0.2, 0.25) is 0 Å². The number of nitrogens with zero attached hydrogens (tertiary/aromatic N) is 2. The maximum Gasteiger partial charge on any atom is 0.248 e. The van der Waals surface area contributed by atoms with Crippen molar-refractivity contribution in [2.24, 2.45) is 10.7 Å². The first-order chi connectivity index (χ1) is 11.6. The van der Waals surface area contributed by atoms with Gasteiger partial charge in [-0.1, -0.05) is 12.1 Å². The van der Waals surface area contributed by atoms with Gasteiger partial charge in [-0.2, -0.15) is 0 Å². The number of aromatic nitrogens is 1. The van der Waals surface area contributed by atoms with Crippen molar-refractivity contribution in [1.82, 2.24) is 15.6 Å². The van der Waals surface area contributed by atoms with Gasteiger partial charge in [0, 0.05) is 36.1 Å². The van der Waals surface area contributed by atoms with Gasteiger partial charge >= 0.3 is 0 Å². The lowest BCUT2D eigenvalue weighted by atomic mass is 10.1. The second-order valence-electron chi connectivity index (χ2n) is 5.30. The smallest absolute Gasteiger partial charge is 0.248 e. The van der Waals surface area contributed by atoms with Gasteiger partial charge in [-0.05, 0) is 31.5 Å². The molecule has 0 aliphatic heterocycles. The number of hydrogen-bond acceptors (Lipinski definition) is 4. The third kappa shape index (κ3) is 7.39. The van der Waals surface area contributed by atoms with Crippen molar-refractivity contribution in [2.45, 2.75) is 26.8 Å². The largest absolute Gasteiger partial charge is 0.366 e. The number of amides is 1. The summed E-state index contributed by atoms with van der Waals surface area (Å²) in [6, 6.07) is 7.22. The first-order valence-corrected chi connectivity index (χ1v) is 8.72. The van der Waals surface area contributed by atoms with Gasteiger partial charge in [-0.25, -0.2) is 9.98 Å². The second kappa shape index (κ2) is 11.0. The van der Waals surface area contributed by atoms with Crippen LogP contribution in [0.1, 0.15) is 32.7 Å². The molecule has 6 nitrogen and oxygen atoms in total. The number of guanidine groups is 1. The van der Waals surface area contributed by atoms with Crippen molar-refractivity contribution in [1.29, 1.82) is 0 Å². The number of thiazole rings is 1. The van der Waals surface area contributed by atoms with E-state index >= 15 is 0 Å². The molecule has 136 valence electrons. The zero-order chi connectivity index (χ0) is 17.4. The minimum Gasteiger partial charge on any atom is -0.366 e. The van der Waals surface area contributed by atoms with E-state index in [1.165, 1.54) is 4.88 Å². The topological polar surface area (TPSA) is 92.4 Å². The molecule has 8 heteroatoms. The number of benzene rings is 1. The average molecular weight is 473 g/mol. The van der Waals surface area contributed by atoms with Gasteiger partial charge < -0.3 is 16.4 Å². The Morgan fingerprint density at radius 2 is 2.16 bits per heavy atom. The maximum atomic E-state index is 11.2. The molecule has 1 aromatic carbocycles. The molecule has 0 saturated carbocycles. The zero-order valence-electron chi connectivity index (χ0n) is 14.4. The Bertz CT molecular complexity index is 717. The summed E-state index contributed by atoms with van der Waals surface area (Å²) in [7, 11) is 0. The lowest BCUT2D eigenvalue weighted by molar-refractivity contribution is 0.1000. The fourth-order valence-electron chi connectivity index (χ4n) is 2.14. The summed E-state index contributed by atoms with van der Waals surface area (Å²) in [6.07, 6.45) is 2.76. The van der Waals surface area contributed by atoms with Crippen molar-refractivity contribution in [3.63, 3.8) is 0 Å². The van der Waals surface area contributed by atoms with Crippen molar-refractivity contribution in [3.05, 3.63) is 51.5 Å². The standard InChI is InChI=1S/C17H23N5OS.HI/c1-3-19-17(20-8-7-15-21-10-12(2)24-15)22-11-13-5-4-6-14(9-13)16(18)23;/h4-6,9-10H,3,7-8,11H2,1-2H3,(H2,18,23)(H2,19,20,22);1H. The monoisotopic (exact) mass is 473 g/mol. The first-order valence-electron chi connectivity index (χ1n) is 7.90. The first kappa shape index (κ1) is 21.4. The van der Waals surface area contributed by atoms with Crippen molar-refractivity contribution in [3.8, 4) is 0 Å². The highest BCUT2D eigenvalue weighted by molar-refractivity contribution is 14.0. The Morgan fingerprint density at radius 3 is 2.80 bits per heavy atom. The van der Waals surface area contributed by atoms with Crippen molar-refractivity contribution >= 4 is 47.2 Å². The summed E-state index contributed by atoms with van der Waals surface area (Å²) in [4.78, 5) is 21.3. The van der Waals surface area contributed by atoms with Crippen molar-refractivity contribution < 1.29 is 4.79 Å². The van der Waals surface area contributed by atoms with E-state index in [0.29, 0.717) is 12.1 Å². The van der Waals surface area contributed by atoms with Crippen LogP contribution in [0, 0.1) is 6.92 Å². The molecule has 1 amide bonds. The number of carbonyl (C=O) groups is 1. The van der Waals surface area contributed by atoms with E-state index in [2.05, 4.69) is 27.5 Å². The Morgan fingerprint density at radius 1 is 1.36 bits per heavy atom. The van der Waals surface area contributed by atoms with Gasteiger partial charge in [-0.3, -0.25) is 4.79 Å². The van der Waals surface area contributed by atoms with Gasteiger partial charge in [0.15, 0.2) is 5.96 Å². The Balaban J connectivity index is 0.00000312. The molecule has 0 saturated heterocycles. The van der Waals surface area contributed by atoms with E-state index in [1.807, 2.05) is 25.3 Å². The quantitative estimate of drug-likeness (QED) is 0.327. The molecule has 0 fully saturated rings. The molecule has 0 unspecified atom stereocenters. The molecule has 0 atom stereocenters. The molecular weight excluding hydrogens is 449 g/mol. The third-order valence-corrected chi connectivity index (χ3v) is 4.25. The van der Waals surface area contributed by atoms with Crippen molar-refractivity contribution in [2.75, 3.05) is 13.1 Å². The molecule has 0 aliphatic carbocycles. The number of nitrogens with two attached hydrogens (primary N) is 1. The fourth-order valence-corrected chi connectivity index (χ4v) is 2.93. The van der Waals surface area contributed by atoms with Crippen LogP contribution in [-0.4, -0.2) is 29.9 Å². The molecule has 2 rings (SSSR count). The Labute approximate surface area is 169 Å². The number of nitrogens with one attached hydrogen (secondary N) is 2. The normalized spacial score (nSPS) is 10.9. The van der Waals surface area contributed by atoms with Crippen LogP contribution >= 0.6 is 35.3 Å². The van der Waals surface area contributed by atoms with E-state index in [0.717, 1.165) is 36.0 Å². The molecule has 0 aliphatic rings.